The third-order valence-corrected chi connectivity index (χ3v) is 0. The summed E-state index contributed by atoms with van der Waals surface area (Å²) < 4.78 is 0. The SMILES string of the molecule is CC(=[N-])N.CC(=[N-])N.[NH2-].[NH2-].[Pt+2]. The van der Waals surface area contributed by atoms with Crippen molar-refractivity contribution in [3.05, 3.63) is 23.1 Å². The van der Waals surface area contributed by atoms with Crippen LogP contribution in [0.5, 0.6) is 0 Å². The Morgan fingerprint density at radius 3 is 0.909 bits per heavy atom. The largest absolute Gasteiger partial charge is 2.00 e. The van der Waals surface area contributed by atoms with Gasteiger partial charge in [-0.3, -0.25) is 0 Å². The zero-order valence-electron chi connectivity index (χ0n) is 6.52. The third-order valence-electron chi connectivity index (χ3n) is 0. The van der Waals surface area contributed by atoms with Crippen LogP contribution in [0.25, 0.3) is 23.1 Å². The van der Waals surface area contributed by atoms with Crippen LogP contribution < -0.4 is 11.5 Å². The summed E-state index contributed by atoms with van der Waals surface area (Å²) in [5.74, 6) is -0.167. The van der Waals surface area contributed by atoms with E-state index in [-0.39, 0.29) is 45.0 Å². The molecule has 6 nitrogen and oxygen atoms in total. The number of amidine groups is 2. The van der Waals surface area contributed by atoms with Crippen LogP contribution in [0.4, 0.5) is 0 Å². The number of hydrogen-bond acceptors (Lipinski definition) is 0. The van der Waals surface area contributed by atoms with Crippen molar-refractivity contribution in [2.75, 3.05) is 0 Å². The molecule has 0 heterocycles. The van der Waals surface area contributed by atoms with Gasteiger partial charge in [0.2, 0.25) is 0 Å². The van der Waals surface area contributed by atoms with Gasteiger partial charge in [-0.1, -0.05) is 11.7 Å². The van der Waals surface area contributed by atoms with Crippen LogP contribution in [0.3, 0.4) is 0 Å². The number of rotatable bonds is 0. The van der Waals surface area contributed by atoms with Crippen molar-refractivity contribution in [3.8, 4) is 0 Å². The minimum Gasteiger partial charge on any atom is -0.693 e. The maximum Gasteiger partial charge on any atom is 2.00 e. The second-order valence-corrected chi connectivity index (χ2v) is 1.28. The van der Waals surface area contributed by atoms with Crippen LogP contribution in [0.1, 0.15) is 13.8 Å². The zero-order valence-corrected chi connectivity index (χ0v) is 8.79. The minimum atomic E-state index is -0.0833. The number of hydrogen-bond donors (Lipinski definition) is 2. The van der Waals surface area contributed by atoms with Crippen molar-refractivity contribution in [3.63, 3.8) is 0 Å². The summed E-state index contributed by atoms with van der Waals surface area (Å²) in [7, 11) is 0. The summed E-state index contributed by atoms with van der Waals surface area (Å²) in [5, 5.41) is 15.5. The van der Waals surface area contributed by atoms with Crippen molar-refractivity contribution in [1.29, 1.82) is 0 Å². The van der Waals surface area contributed by atoms with Crippen LogP contribution in [-0.4, -0.2) is 11.7 Å². The summed E-state index contributed by atoms with van der Waals surface area (Å²) in [4.78, 5) is 0. The zero-order chi connectivity index (χ0) is 7.15. The van der Waals surface area contributed by atoms with E-state index in [1.165, 1.54) is 13.8 Å². The Labute approximate surface area is 81.5 Å². The molecular formula is C4H14N6Pt-2. The van der Waals surface area contributed by atoms with Gasteiger partial charge in [0.25, 0.3) is 0 Å². The van der Waals surface area contributed by atoms with E-state index in [0.717, 1.165) is 0 Å². The maximum atomic E-state index is 7.75. The summed E-state index contributed by atoms with van der Waals surface area (Å²) >= 11 is 0. The second-order valence-electron chi connectivity index (χ2n) is 1.28. The molecule has 72 valence electrons. The topological polar surface area (TPSA) is 164 Å². The molecule has 7 heteroatoms. The van der Waals surface area contributed by atoms with Crippen LogP contribution >= 0.6 is 0 Å². The summed E-state index contributed by atoms with van der Waals surface area (Å²) in [6.45, 7) is 2.83. The molecule has 0 saturated carbocycles. The first-order valence-corrected chi connectivity index (χ1v) is 2.02. The molecule has 0 saturated heterocycles. The monoisotopic (exact) mass is 341 g/mol. The molecule has 0 fully saturated rings. The Hall–Kier alpha value is -0.452. The van der Waals surface area contributed by atoms with Gasteiger partial charge in [0.1, 0.15) is 0 Å². The fraction of sp³-hybridized carbons (Fsp3) is 0.500. The predicted octanol–water partition coefficient (Wildman–Crippen LogP) is 1.30. The van der Waals surface area contributed by atoms with E-state index in [1.807, 2.05) is 0 Å². The number of nitrogens with two attached hydrogens (primary N) is 4. The van der Waals surface area contributed by atoms with Gasteiger partial charge in [-0.2, -0.15) is 0 Å². The van der Waals surface area contributed by atoms with Gasteiger partial charge in [0.05, 0.1) is 0 Å². The summed E-state index contributed by atoms with van der Waals surface area (Å²) in [5.41, 5.74) is 9.17. The van der Waals surface area contributed by atoms with Crippen LogP contribution in [0, 0.1) is 0 Å². The molecule has 0 aromatic carbocycles. The Kier molecular flexibility index (Phi) is 64.4. The molecule has 0 aromatic heterocycles. The normalized spacial score (nSPS) is 4.55. The molecule has 0 unspecified atom stereocenters. The first-order valence-electron chi connectivity index (χ1n) is 2.02. The molecular weight excluding hydrogens is 327 g/mol. The fourth-order valence-corrected chi connectivity index (χ4v) is 0. The Morgan fingerprint density at radius 1 is 0.909 bits per heavy atom. The number of nitrogens with zero attached hydrogens (tertiary/aromatic N) is 2. The van der Waals surface area contributed by atoms with E-state index in [1.54, 1.807) is 0 Å². The molecule has 0 atom stereocenters. The first-order chi connectivity index (χ1) is 3.46. The van der Waals surface area contributed by atoms with E-state index >= 15 is 0 Å². The molecule has 8 N–H and O–H groups in total. The van der Waals surface area contributed by atoms with Gasteiger partial charge in [0.15, 0.2) is 0 Å². The molecule has 0 aliphatic carbocycles. The molecule has 0 aliphatic heterocycles. The van der Waals surface area contributed by atoms with Crippen LogP contribution in [0.2, 0.25) is 0 Å². The molecule has 0 bridgehead atoms. The van der Waals surface area contributed by atoms with E-state index in [9.17, 15) is 0 Å². The van der Waals surface area contributed by atoms with Crippen molar-refractivity contribution in [2.24, 2.45) is 11.5 Å². The summed E-state index contributed by atoms with van der Waals surface area (Å²) in [6, 6.07) is 0. The van der Waals surface area contributed by atoms with E-state index in [0.29, 0.717) is 0 Å². The van der Waals surface area contributed by atoms with Gasteiger partial charge < -0.3 is 34.6 Å². The van der Waals surface area contributed by atoms with Gasteiger partial charge in [-0.25, -0.2) is 0 Å². The van der Waals surface area contributed by atoms with Crippen molar-refractivity contribution >= 4 is 11.7 Å². The van der Waals surface area contributed by atoms with Crippen molar-refractivity contribution in [2.45, 2.75) is 13.8 Å². The Bertz CT molecular complexity index is 72.6. The average molecular weight is 341 g/mol. The van der Waals surface area contributed by atoms with Gasteiger partial charge in [0, 0.05) is 0 Å². The summed E-state index contributed by atoms with van der Waals surface area (Å²) in [6.07, 6.45) is 0. The molecule has 0 radical (unpaired) electrons. The second kappa shape index (κ2) is 22.7. The van der Waals surface area contributed by atoms with E-state index < -0.39 is 0 Å². The molecule has 0 aromatic rings. The maximum absolute atomic E-state index is 7.75. The molecule has 0 rings (SSSR count). The third kappa shape index (κ3) is 2670. The van der Waals surface area contributed by atoms with E-state index in [2.05, 4.69) is 11.5 Å². The van der Waals surface area contributed by atoms with Crippen LogP contribution in [0.15, 0.2) is 0 Å². The average Bonchev–Trinajstić information content (AvgIpc) is 1.25. The van der Waals surface area contributed by atoms with Crippen LogP contribution in [-0.2, 0) is 21.1 Å². The van der Waals surface area contributed by atoms with E-state index in [4.69, 9.17) is 10.8 Å². The smallest absolute Gasteiger partial charge is 0.693 e. The fourth-order valence-electron chi connectivity index (χ4n) is 0. The van der Waals surface area contributed by atoms with Crippen molar-refractivity contribution < 1.29 is 21.1 Å². The molecule has 0 aliphatic rings. The van der Waals surface area contributed by atoms with Gasteiger partial charge >= 0.3 is 21.1 Å². The first kappa shape index (κ1) is 31.2. The Morgan fingerprint density at radius 2 is 0.909 bits per heavy atom. The quantitative estimate of drug-likeness (QED) is 0.501. The molecule has 11 heavy (non-hydrogen) atoms. The predicted molar refractivity (Wildman–Crippen MR) is 47.0 cm³/mol. The molecule has 0 amide bonds. The van der Waals surface area contributed by atoms with Crippen molar-refractivity contribution in [1.82, 2.24) is 0 Å². The Balaban J connectivity index is -0.0000000171. The minimum absolute atomic E-state index is 0. The van der Waals surface area contributed by atoms with Gasteiger partial charge in [-0.15, -0.1) is 0 Å². The molecule has 0 spiro atoms. The van der Waals surface area contributed by atoms with Gasteiger partial charge in [-0.05, 0) is 13.8 Å². The standard InChI is InChI=1S/2C2H5N2.2H2N.Pt/c2*1-2(3)4;;;/h2*1H3,(H2-,3,4);2*1H2;/q4*-1;+2.